The summed E-state index contributed by atoms with van der Waals surface area (Å²) in [4.78, 5) is 2.74. The highest BCUT2D eigenvalue weighted by molar-refractivity contribution is 5.85. The first-order valence-electron chi connectivity index (χ1n) is 5.77. The molecule has 2 aliphatic rings. The van der Waals surface area contributed by atoms with Crippen molar-refractivity contribution < 1.29 is 0 Å². The number of rotatable bonds is 3. The number of piperidine rings is 1. The summed E-state index contributed by atoms with van der Waals surface area (Å²) in [5.41, 5.74) is 0. The molecule has 1 saturated heterocycles. The van der Waals surface area contributed by atoms with Crippen LogP contribution in [0.2, 0.25) is 0 Å². The Balaban J connectivity index is 0.000000980. The number of nitrogens with one attached hydrogen (secondary N) is 1. The summed E-state index contributed by atoms with van der Waals surface area (Å²) in [6, 6.07) is 2.48. The van der Waals surface area contributed by atoms with E-state index in [2.05, 4.69) is 24.1 Å². The van der Waals surface area contributed by atoms with Gasteiger partial charge in [0.25, 0.3) is 0 Å². The Bertz CT molecular complexity index is 161. The maximum Gasteiger partial charge on any atom is 0.0226 e. The largest absolute Gasteiger partial charge is 0.315 e. The summed E-state index contributed by atoms with van der Waals surface area (Å²) < 4.78 is 0. The van der Waals surface area contributed by atoms with Crippen molar-refractivity contribution in [2.45, 2.75) is 57.7 Å². The van der Waals surface area contributed by atoms with Crippen LogP contribution in [0.1, 0.15) is 39.5 Å². The first kappa shape index (κ1) is 12.3. The molecule has 0 amide bonds. The zero-order valence-corrected chi connectivity index (χ0v) is 10.1. The Morgan fingerprint density at radius 3 is 2.29 bits per heavy atom. The van der Waals surface area contributed by atoms with E-state index in [1.165, 1.54) is 38.8 Å². The average molecular weight is 219 g/mol. The molecule has 2 rings (SSSR count). The molecular weight excluding hydrogens is 196 g/mol. The molecule has 2 fully saturated rings. The van der Waals surface area contributed by atoms with Gasteiger partial charge in [0.15, 0.2) is 0 Å². The van der Waals surface area contributed by atoms with Gasteiger partial charge in [-0.15, -0.1) is 12.4 Å². The van der Waals surface area contributed by atoms with E-state index >= 15 is 0 Å². The quantitative estimate of drug-likeness (QED) is 0.780. The Morgan fingerprint density at radius 2 is 1.86 bits per heavy atom. The average Bonchev–Trinajstić information content (AvgIpc) is 2.90. The number of hydrogen-bond donors (Lipinski definition) is 1. The molecule has 1 aliphatic carbocycles. The minimum absolute atomic E-state index is 0. The van der Waals surface area contributed by atoms with Gasteiger partial charge >= 0.3 is 0 Å². The van der Waals surface area contributed by atoms with Crippen molar-refractivity contribution in [3.63, 3.8) is 0 Å². The summed E-state index contributed by atoms with van der Waals surface area (Å²) in [7, 11) is 0. The second kappa shape index (κ2) is 5.34. The van der Waals surface area contributed by atoms with Gasteiger partial charge in [0.05, 0.1) is 0 Å². The Morgan fingerprint density at radius 1 is 1.14 bits per heavy atom. The monoisotopic (exact) mass is 218 g/mol. The van der Waals surface area contributed by atoms with E-state index in [1.54, 1.807) is 0 Å². The molecule has 1 atom stereocenters. The van der Waals surface area contributed by atoms with Crippen LogP contribution in [0, 0.1) is 0 Å². The molecule has 14 heavy (non-hydrogen) atoms. The van der Waals surface area contributed by atoms with Crippen LogP contribution in [0.25, 0.3) is 0 Å². The van der Waals surface area contributed by atoms with Crippen LogP contribution >= 0.6 is 12.4 Å². The van der Waals surface area contributed by atoms with E-state index in [0.29, 0.717) is 0 Å². The lowest BCUT2D eigenvalue weighted by Gasteiger charge is -2.37. The standard InChI is InChI=1S/C11H22N2.ClH/c1-9(2)13(10-5-6-10)11-4-3-7-12-8-11;/h9-12H,3-8H2,1-2H3;1H. The van der Waals surface area contributed by atoms with Gasteiger partial charge < -0.3 is 5.32 Å². The lowest BCUT2D eigenvalue weighted by Crippen LogP contribution is -2.49. The normalized spacial score (nSPS) is 27.9. The Labute approximate surface area is 93.8 Å². The highest BCUT2D eigenvalue weighted by Crippen LogP contribution is 2.31. The van der Waals surface area contributed by atoms with Gasteiger partial charge in [-0.05, 0) is 46.1 Å². The minimum Gasteiger partial charge on any atom is -0.315 e. The lowest BCUT2D eigenvalue weighted by molar-refractivity contribution is 0.120. The highest BCUT2D eigenvalue weighted by Gasteiger charge is 2.35. The fraction of sp³-hybridized carbons (Fsp3) is 1.00. The summed E-state index contributed by atoms with van der Waals surface area (Å²) in [5.74, 6) is 0. The molecule has 0 aromatic rings. The zero-order chi connectivity index (χ0) is 9.26. The molecular formula is C11H23ClN2. The van der Waals surface area contributed by atoms with Gasteiger partial charge in [0.2, 0.25) is 0 Å². The number of hydrogen-bond acceptors (Lipinski definition) is 2. The second-order valence-corrected chi connectivity index (χ2v) is 4.77. The Hall–Kier alpha value is 0.210. The summed E-state index contributed by atoms with van der Waals surface area (Å²) in [6.45, 7) is 7.13. The van der Waals surface area contributed by atoms with E-state index in [-0.39, 0.29) is 12.4 Å². The van der Waals surface area contributed by atoms with Crippen LogP contribution in [0.3, 0.4) is 0 Å². The summed E-state index contributed by atoms with van der Waals surface area (Å²) in [6.07, 6.45) is 5.64. The SMILES string of the molecule is CC(C)N(C1CC1)C1CCCNC1.Cl. The molecule has 2 nitrogen and oxygen atoms in total. The fourth-order valence-corrected chi connectivity index (χ4v) is 2.60. The van der Waals surface area contributed by atoms with Crippen LogP contribution in [-0.2, 0) is 0 Å². The predicted molar refractivity (Wildman–Crippen MR) is 63.1 cm³/mol. The molecule has 1 unspecified atom stereocenters. The molecule has 0 bridgehead atoms. The van der Waals surface area contributed by atoms with Crippen molar-refractivity contribution in [2.75, 3.05) is 13.1 Å². The van der Waals surface area contributed by atoms with E-state index in [9.17, 15) is 0 Å². The van der Waals surface area contributed by atoms with Crippen LogP contribution < -0.4 is 5.32 Å². The molecule has 0 aromatic heterocycles. The molecule has 1 aliphatic heterocycles. The van der Waals surface area contributed by atoms with Gasteiger partial charge in [0, 0.05) is 24.7 Å². The first-order valence-corrected chi connectivity index (χ1v) is 5.77. The van der Waals surface area contributed by atoms with Gasteiger partial charge in [0.1, 0.15) is 0 Å². The molecule has 0 radical (unpaired) electrons. The van der Waals surface area contributed by atoms with Crippen molar-refractivity contribution in [2.24, 2.45) is 0 Å². The van der Waals surface area contributed by atoms with Crippen LogP contribution in [0.15, 0.2) is 0 Å². The molecule has 0 spiro atoms. The van der Waals surface area contributed by atoms with E-state index in [1.807, 2.05) is 0 Å². The summed E-state index contributed by atoms with van der Waals surface area (Å²) >= 11 is 0. The van der Waals surface area contributed by atoms with Gasteiger partial charge in [-0.3, -0.25) is 4.90 Å². The number of halogens is 1. The van der Waals surface area contributed by atoms with Crippen molar-refractivity contribution in [3.05, 3.63) is 0 Å². The third kappa shape index (κ3) is 2.85. The van der Waals surface area contributed by atoms with Crippen molar-refractivity contribution in [1.29, 1.82) is 0 Å². The van der Waals surface area contributed by atoms with Crippen molar-refractivity contribution >= 4 is 12.4 Å². The lowest BCUT2D eigenvalue weighted by atomic mass is 10.0. The van der Waals surface area contributed by atoms with Crippen LogP contribution in [0.5, 0.6) is 0 Å². The first-order chi connectivity index (χ1) is 6.29. The maximum absolute atomic E-state index is 3.51. The zero-order valence-electron chi connectivity index (χ0n) is 9.33. The van der Waals surface area contributed by atoms with Crippen LogP contribution in [-0.4, -0.2) is 36.1 Å². The second-order valence-electron chi connectivity index (χ2n) is 4.77. The third-order valence-electron chi connectivity index (χ3n) is 3.26. The topological polar surface area (TPSA) is 15.3 Å². The smallest absolute Gasteiger partial charge is 0.0226 e. The van der Waals surface area contributed by atoms with Crippen LogP contribution in [0.4, 0.5) is 0 Å². The van der Waals surface area contributed by atoms with Gasteiger partial charge in [-0.25, -0.2) is 0 Å². The minimum atomic E-state index is 0. The van der Waals surface area contributed by atoms with Crippen molar-refractivity contribution in [3.8, 4) is 0 Å². The molecule has 3 heteroatoms. The van der Waals surface area contributed by atoms with E-state index in [0.717, 1.165) is 18.1 Å². The molecule has 0 aromatic carbocycles. The fourth-order valence-electron chi connectivity index (χ4n) is 2.60. The van der Waals surface area contributed by atoms with Gasteiger partial charge in [-0.1, -0.05) is 0 Å². The predicted octanol–water partition coefficient (Wildman–Crippen LogP) is 2.03. The van der Waals surface area contributed by atoms with Gasteiger partial charge in [-0.2, -0.15) is 0 Å². The molecule has 1 heterocycles. The van der Waals surface area contributed by atoms with E-state index in [4.69, 9.17) is 0 Å². The van der Waals surface area contributed by atoms with E-state index < -0.39 is 0 Å². The Kier molecular flexibility index (Phi) is 4.68. The maximum atomic E-state index is 3.51. The third-order valence-corrected chi connectivity index (χ3v) is 3.26. The molecule has 84 valence electrons. The highest BCUT2D eigenvalue weighted by atomic mass is 35.5. The summed E-state index contributed by atoms with van der Waals surface area (Å²) in [5, 5.41) is 3.51. The number of nitrogens with zero attached hydrogens (tertiary/aromatic N) is 1. The molecule has 1 saturated carbocycles. The van der Waals surface area contributed by atoms with Crippen molar-refractivity contribution in [1.82, 2.24) is 10.2 Å². The molecule has 1 N–H and O–H groups in total.